The molecule has 1 aliphatic heterocycles. The molecular weight excluding hydrogens is 466 g/mol. The van der Waals surface area contributed by atoms with Crippen molar-refractivity contribution in [2.24, 2.45) is 0 Å². The average molecular weight is 500 g/mol. The molecule has 1 amide bonds. The lowest BCUT2D eigenvalue weighted by atomic mass is 9.93. The minimum Gasteiger partial charge on any atom is -0.507 e. The summed E-state index contributed by atoms with van der Waals surface area (Å²) in [4.78, 5) is 27.8. The van der Waals surface area contributed by atoms with Crippen LogP contribution in [0.3, 0.4) is 0 Å². The molecule has 1 fully saturated rings. The number of halogens is 1. The molecule has 3 rings (SSSR count). The summed E-state index contributed by atoms with van der Waals surface area (Å²) < 4.78 is 11.1. The second-order valence-electron chi connectivity index (χ2n) is 9.17. The Labute approximate surface area is 212 Å². The van der Waals surface area contributed by atoms with E-state index >= 15 is 0 Å². The van der Waals surface area contributed by atoms with Crippen molar-refractivity contribution in [2.45, 2.75) is 59.1 Å². The largest absolute Gasteiger partial charge is 0.507 e. The average Bonchev–Trinajstić information content (AvgIpc) is 3.07. The van der Waals surface area contributed by atoms with Crippen LogP contribution in [0.25, 0.3) is 5.76 Å². The van der Waals surface area contributed by atoms with E-state index in [0.29, 0.717) is 48.4 Å². The molecule has 2 aromatic carbocycles. The molecule has 35 heavy (non-hydrogen) atoms. The molecule has 1 atom stereocenters. The number of amides is 1. The molecule has 1 saturated heterocycles. The van der Waals surface area contributed by atoms with Crippen LogP contribution in [0.1, 0.15) is 69.7 Å². The smallest absolute Gasteiger partial charge is 0.295 e. The summed E-state index contributed by atoms with van der Waals surface area (Å²) in [7, 11) is 0. The Kier molecular flexibility index (Phi) is 8.98. The molecule has 0 unspecified atom stereocenters. The molecule has 0 aliphatic carbocycles. The van der Waals surface area contributed by atoms with E-state index in [0.717, 1.165) is 11.1 Å². The highest BCUT2D eigenvalue weighted by molar-refractivity contribution is 6.46. The van der Waals surface area contributed by atoms with Gasteiger partial charge < -0.3 is 19.5 Å². The number of benzene rings is 2. The fourth-order valence-electron chi connectivity index (χ4n) is 4.15. The van der Waals surface area contributed by atoms with E-state index in [4.69, 9.17) is 21.1 Å². The van der Waals surface area contributed by atoms with Gasteiger partial charge >= 0.3 is 0 Å². The first-order valence-corrected chi connectivity index (χ1v) is 12.5. The second kappa shape index (κ2) is 11.7. The van der Waals surface area contributed by atoms with Crippen LogP contribution in [0.4, 0.5) is 0 Å². The molecule has 188 valence electrons. The highest BCUT2D eigenvalue weighted by Gasteiger charge is 2.45. The van der Waals surface area contributed by atoms with E-state index in [2.05, 4.69) is 13.8 Å². The van der Waals surface area contributed by atoms with Crippen LogP contribution in [0.15, 0.2) is 48.0 Å². The SMILES string of the molecule is CCOc1ccc(C(O)=C2C(=O)C(=O)N(CCCOC(C)C)[C@H]2c2ccc(C(C)C)cc2)cc1Cl. The van der Waals surface area contributed by atoms with Crippen LogP contribution < -0.4 is 4.74 Å². The second-order valence-corrected chi connectivity index (χ2v) is 9.57. The van der Waals surface area contributed by atoms with Crippen LogP contribution in [-0.2, 0) is 14.3 Å². The number of rotatable bonds is 10. The summed E-state index contributed by atoms with van der Waals surface area (Å²) >= 11 is 6.33. The van der Waals surface area contributed by atoms with Crippen LogP contribution in [-0.4, -0.2) is 47.6 Å². The van der Waals surface area contributed by atoms with Gasteiger partial charge in [0.15, 0.2) is 0 Å². The summed E-state index contributed by atoms with van der Waals surface area (Å²) in [5, 5.41) is 11.6. The predicted molar refractivity (Wildman–Crippen MR) is 138 cm³/mol. The van der Waals surface area contributed by atoms with Gasteiger partial charge in [-0.15, -0.1) is 0 Å². The summed E-state index contributed by atoms with van der Waals surface area (Å²) in [5.41, 5.74) is 2.31. The molecular formula is C28H34ClNO5. The highest BCUT2D eigenvalue weighted by Crippen LogP contribution is 2.40. The number of ether oxygens (including phenoxy) is 2. The van der Waals surface area contributed by atoms with Crippen molar-refractivity contribution in [3.8, 4) is 5.75 Å². The van der Waals surface area contributed by atoms with E-state index in [1.165, 1.54) is 4.90 Å². The zero-order chi connectivity index (χ0) is 25.7. The fourth-order valence-corrected chi connectivity index (χ4v) is 4.39. The van der Waals surface area contributed by atoms with Gasteiger partial charge in [0, 0.05) is 18.7 Å². The molecule has 7 heteroatoms. The number of hydrogen-bond donors (Lipinski definition) is 1. The molecule has 0 radical (unpaired) electrons. The minimum atomic E-state index is -0.713. The zero-order valence-corrected chi connectivity index (χ0v) is 21.8. The van der Waals surface area contributed by atoms with Crippen molar-refractivity contribution in [3.05, 3.63) is 69.8 Å². The van der Waals surface area contributed by atoms with E-state index < -0.39 is 17.7 Å². The number of nitrogens with zero attached hydrogens (tertiary/aromatic N) is 1. The standard InChI is InChI=1S/C28H34ClNO5/c1-6-34-23-13-12-21(16-22(23)29)26(31)24-25(20-10-8-19(9-11-20)17(2)3)30(28(33)27(24)32)14-7-15-35-18(4)5/h8-13,16-18,25,31H,6-7,14-15H2,1-5H3/t25-/m0/s1. The van der Waals surface area contributed by atoms with Crippen molar-refractivity contribution in [3.63, 3.8) is 0 Å². The number of carbonyl (C=O) groups is 2. The Morgan fingerprint density at radius 3 is 2.34 bits per heavy atom. The van der Waals surface area contributed by atoms with Crippen molar-refractivity contribution in [2.75, 3.05) is 19.8 Å². The van der Waals surface area contributed by atoms with Crippen LogP contribution >= 0.6 is 11.6 Å². The van der Waals surface area contributed by atoms with E-state index in [9.17, 15) is 14.7 Å². The summed E-state index contributed by atoms with van der Waals surface area (Å²) in [6.07, 6.45) is 0.648. The first-order chi connectivity index (χ1) is 16.6. The molecule has 1 aliphatic rings. The van der Waals surface area contributed by atoms with Crippen molar-refractivity contribution >= 4 is 29.1 Å². The van der Waals surface area contributed by atoms with Gasteiger partial charge in [-0.1, -0.05) is 49.7 Å². The Morgan fingerprint density at radius 1 is 1.09 bits per heavy atom. The van der Waals surface area contributed by atoms with Crippen molar-refractivity contribution < 1.29 is 24.2 Å². The first kappa shape index (κ1) is 26.8. The number of aliphatic hydroxyl groups excluding tert-OH is 1. The number of ketones is 1. The number of likely N-dealkylation sites (tertiary alicyclic amines) is 1. The third kappa shape index (κ3) is 6.06. The van der Waals surface area contributed by atoms with Gasteiger partial charge in [-0.2, -0.15) is 0 Å². The number of Topliss-reactive ketones (excluding diaryl/α,β-unsaturated/α-hetero) is 1. The normalized spacial score (nSPS) is 17.6. The van der Waals surface area contributed by atoms with Crippen LogP contribution in [0, 0.1) is 0 Å². The number of carbonyl (C=O) groups excluding carboxylic acids is 2. The number of aliphatic hydroxyl groups is 1. The predicted octanol–water partition coefficient (Wildman–Crippen LogP) is 6.10. The molecule has 1 heterocycles. The van der Waals surface area contributed by atoms with Gasteiger partial charge in [0.2, 0.25) is 0 Å². The summed E-state index contributed by atoms with van der Waals surface area (Å²) in [6, 6.07) is 11.9. The van der Waals surface area contributed by atoms with Crippen LogP contribution in [0.5, 0.6) is 5.75 Å². The molecule has 0 saturated carbocycles. The van der Waals surface area contributed by atoms with Gasteiger partial charge in [0.05, 0.1) is 29.3 Å². The van der Waals surface area contributed by atoms with Crippen molar-refractivity contribution in [1.82, 2.24) is 4.90 Å². The molecule has 1 N–H and O–H groups in total. The molecule has 0 spiro atoms. The first-order valence-electron chi connectivity index (χ1n) is 12.1. The minimum absolute atomic E-state index is 0.0531. The van der Waals surface area contributed by atoms with Gasteiger partial charge in [0.1, 0.15) is 11.5 Å². The van der Waals surface area contributed by atoms with Crippen LogP contribution in [0.2, 0.25) is 5.02 Å². The Hall–Kier alpha value is -2.83. The molecule has 0 aromatic heterocycles. The maximum absolute atomic E-state index is 13.2. The molecule has 6 nitrogen and oxygen atoms in total. The summed E-state index contributed by atoms with van der Waals surface area (Å²) in [6.45, 7) is 11.2. The summed E-state index contributed by atoms with van der Waals surface area (Å²) in [5.74, 6) is -0.778. The molecule has 0 bridgehead atoms. The van der Waals surface area contributed by atoms with Gasteiger partial charge in [-0.25, -0.2) is 0 Å². The Balaban J connectivity index is 2.05. The lowest BCUT2D eigenvalue weighted by Gasteiger charge is -2.26. The van der Waals surface area contributed by atoms with Crippen molar-refractivity contribution in [1.29, 1.82) is 0 Å². The Morgan fingerprint density at radius 2 is 1.77 bits per heavy atom. The van der Waals surface area contributed by atoms with E-state index in [-0.39, 0.29) is 17.4 Å². The highest BCUT2D eigenvalue weighted by atomic mass is 35.5. The lowest BCUT2D eigenvalue weighted by Crippen LogP contribution is -2.31. The Bertz CT molecular complexity index is 1090. The molecule has 2 aromatic rings. The van der Waals surface area contributed by atoms with E-state index in [1.54, 1.807) is 18.2 Å². The van der Waals surface area contributed by atoms with Gasteiger partial charge in [-0.05, 0) is 62.4 Å². The van der Waals surface area contributed by atoms with Gasteiger partial charge in [-0.3, -0.25) is 9.59 Å². The maximum Gasteiger partial charge on any atom is 0.295 e. The van der Waals surface area contributed by atoms with Gasteiger partial charge in [0.25, 0.3) is 11.7 Å². The lowest BCUT2D eigenvalue weighted by molar-refractivity contribution is -0.140. The fraction of sp³-hybridized carbons (Fsp3) is 0.429. The van der Waals surface area contributed by atoms with E-state index in [1.807, 2.05) is 45.0 Å². The monoisotopic (exact) mass is 499 g/mol. The number of hydrogen-bond acceptors (Lipinski definition) is 5. The zero-order valence-electron chi connectivity index (χ0n) is 21.0. The maximum atomic E-state index is 13.2. The third-order valence-corrected chi connectivity index (χ3v) is 6.25. The quantitative estimate of drug-likeness (QED) is 0.185. The topological polar surface area (TPSA) is 76.1 Å². The third-order valence-electron chi connectivity index (χ3n) is 5.96.